The van der Waals surface area contributed by atoms with Crippen LogP contribution in [0.5, 0.6) is 0 Å². The molecule has 3 N–H and O–H groups in total. The maximum Gasteiger partial charge on any atom is 0.261 e. The van der Waals surface area contributed by atoms with Gasteiger partial charge in [0.1, 0.15) is 5.82 Å². The van der Waals surface area contributed by atoms with Crippen LogP contribution in [-0.2, 0) is 23.5 Å². The number of hydrogen-bond acceptors (Lipinski definition) is 5. The molecule has 1 amide bonds. The van der Waals surface area contributed by atoms with Crippen molar-refractivity contribution in [3.8, 4) is 0 Å². The first-order valence-electron chi connectivity index (χ1n) is 8.43. The van der Waals surface area contributed by atoms with Crippen LogP contribution in [0.4, 0.5) is 5.69 Å². The predicted molar refractivity (Wildman–Crippen MR) is 108 cm³/mol. The Hall–Kier alpha value is -2.98. The Labute approximate surface area is 167 Å². The maximum absolute atomic E-state index is 12.3. The summed E-state index contributed by atoms with van der Waals surface area (Å²) in [4.78, 5) is 12.4. The standard InChI is InChI=1S/C18H19N5O3S2/c1-23-16(20-21-18(23)27)11-12-19-17(24)13-7-9-14(10-8-13)22-28(25,26)15-5-3-2-4-6-15/h2-10,22H,11-12H2,1H3,(H,19,24)(H,21,27). The van der Waals surface area contributed by atoms with Gasteiger partial charge in [0, 0.05) is 31.3 Å². The number of nitrogens with zero attached hydrogens (tertiary/aromatic N) is 2. The highest BCUT2D eigenvalue weighted by molar-refractivity contribution is 7.92. The fraction of sp³-hybridized carbons (Fsp3) is 0.167. The highest BCUT2D eigenvalue weighted by Gasteiger charge is 2.14. The number of nitrogens with one attached hydrogen (secondary N) is 3. The molecule has 8 nitrogen and oxygen atoms in total. The molecule has 0 aliphatic heterocycles. The summed E-state index contributed by atoms with van der Waals surface area (Å²) < 4.78 is 29.4. The molecule has 0 aliphatic carbocycles. The minimum absolute atomic E-state index is 0.172. The summed E-state index contributed by atoms with van der Waals surface area (Å²) in [6.45, 7) is 0.398. The summed E-state index contributed by atoms with van der Waals surface area (Å²) in [5, 5.41) is 9.57. The first-order chi connectivity index (χ1) is 13.4. The van der Waals surface area contributed by atoms with Crippen LogP contribution in [0.25, 0.3) is 0 Å². The van der Waals surface area contributed by atoms with Gasteiger partial charge in [0.2, 0.25) is 0 Å². The van der Waals surface area contributed by atoms with Gasteiger partial charge < -0.3 is 9.88 Å². The molecule has 0 atom stereocenters. The zero-order valence-corrected chi connectivity index (χ0v) is 16.7. The molecule has 146 valence electrons. The molecule has 1 aromatic heterocycles. The van der Waals surface area contributed by atoms with Gasteiger partial charge in [0.15, 0.2) is 4.77 Å². The fourth-order valence-corrected chi connectivity index (χ4v) is 3.73. The van der Waals surface area contributed by atoms with Crippen molar-refractivity contribution in [3.05, 3.63) is 70.8 Å². The molecule has 0 spiro atoms. The Balaban J connectivity index is 1.58. The van der Waals surface area contributed by atoms with Crippen LogP contribution in [0.3, 0.4) is 0 Å². The van der Waals surface area contributed by atoms with E-state index in [4.69, 9.17) is 12.2 Å². The van der Waals surface area contributed by atoms with Gasteiger partial charge in [0.25, 0.3) is 15.9 Å². The largest absolute Gasteiger partial charge is 0.352 e. The third kappa shape index (κ3) is 4.65. The molecule has 0 saturated carbocycles. The van der Waals surface area contributed by atoms with Crippen LogP contribution in [0.2, 0.25) is 0 Å². The van der Waals surface area contributed by atoms with Gasteiger partial charge in [-0.05, 0) is 48.6 Å². The highest BCUT2D eigenvalue weighted by atomic mass is 32.2. The zero-order chi connectivity index (χ0) is 20.1. The number of carbonyl (C=O) groups is 1. The van der Waals surface area contributed by atoms with Crippen molar-refractivity contribution >= 4 is 33.8 Å². The van der Waals surface area contributed by atoms with E-state index in [2.05, 4.69) is 20.2 Å². The van der Waals surface area contributed by atoms with E-state index >= 15 is 0 Å². The molecule has 3 aromatic rings. The second-order valence-electron chi connectivity index (χ2n) is 6.01. The second kappa shape index (κ2) is 8.36. The summed E-state index contributed by atoms with van der Waals surface area (Å²) in [6, 6.07) is 14.3. The van der Waals surface area contributed by atoms with E-state index < -0.39 is 10.0 Å². The van der Waals surface area contributed by atoms with Crippen molar-refractivity contribution in [2.24, 2.45) is 7.05 Å². The lowest BCUT2D eigenvalue weighted by Crippen LogP contribution is -2.26. The van der Waals surface area contributed by atoms with E-state index in [9.17, 15) is 13.2 Å². The average molecular weight is 418 g/mol. The van der Waals surface area contributed by atoms with E-state index in [1.807, 2.05) is 0 Å². The molecule has 1 heterocycles. The fourth-order valence-electron chi connectivity index (χ4n) is 2.50. The van der Waals surface area contributed by atoms with Crippen molar-refractivity contribution in [2.75, 3.05) is 11.3 Å². The van der Waals surface area contributed by atoms with Crippen LogP contribution in [0, 0.1) is 4.77 Å². The number of aromatic nitrogens is 3. The summed E-state index contributed by atoms with van der Waals surface area (Å²) in [7, 11) is -1.86. The number of H-pyrrole nitrogens is 1. The number of carbonyl (C=O) groups excluding carboxylic acids is 1. The van der Waals surface area contributed by atoms with E-state index in [-0.39, 0.29) is 10.8 Å². The number of hydrogen-bond donors (Lipinski definition) is 3. The molecule has 0 unspecified atom stereocenters. The molecular weight excluding hydrogens is 398 g/mol. The molecule has 10 heteroatoms. The van der Waals surface area contributed by atoms with Crippen LogP contribution in [-0.4, -0.2) is 35.6 Å². The second-order valence-corrected chi connectivity index (χ2v) is 8.07. The lowest BCUT2D eigenvalue weighted by molar-refractivity contribution is 0.0954. The molecule has 0 aliphatic rings. The molecular formula is C18H19N5O3S2. The van der Waals surface area contributed by atoms with Crippen molar-refractivity contribution in [1.82, 2.24) is 20.1 Å². The van der Waals surface area contributed by atoms with Crippen LogP contribution in [0.1, 0.15) is 16.2 Å². The smallest absolute Gasteiger partial charge is 0.261 e. The average Bonchev–Trinajstić information content (AvgIpc) is 3.01. The summed E-state index contributed by atoms with van der Waals surface area (Å²) in [6.07, 6.45) is 0.532. The van der Waals surface area contributed by atoms with E-state index in [0.717, 1.165) is 5.82 Å². The summed E-state index contributed by atoms with van der Waals surface area (Å²) in [5.41, 5.74) is 0.806. The van der Waals surface area contributed by atoms with Crippen molar-refractivity contribution in [3.63, 3.8) is 0 Å². The van der Waals surface area contributed by atoms with E-state index in [1.54, 1.807) is 54.1 Å². The quantitative estimate of drug-likeness (QED) is 0.511. The normalized spacial score (nSPS) is 11.2. The van der Waals surface area contributed by atoms with Gasteiger partial charge >= 0.3 is 0 Å². The Kier molecular flexibility index (Phi) is 5.90. The van der Waals surface area contributed by atoms with E-state index in [1.165, 1.54) is 12.1 Å². The molecule has 0 bridgehead atoms. The number of amides is 1. The number of sulfonamides is 1. The lowest BCUT2D eigenvalue weighted by Gasteiger charge is -2.09. The molecule has 0 saturated heterocycles. The Morgan fingerprint density at radius 2 is 1.82 bits per heavy atom. The lowest BCUT2D eigenvalue weighted by atomic mass is 10.2. The summed E-state index contributed by atoms with van der Waals surface area (Å²) in [5.74, 6) is 0.491. The number of aromatic amines is 1. The Morgan fingerprint density at radius 3 is 2.43 bits per heavy atom. The van der Waals surface area contributed by atoms with Crippen LogP contribution in [0.15, 0.2) is 59.5 Å². The third-order valence-electron chi connectivity index (χ3n) is 4.06. The highest BCUT2D eigenvalue weighted by Crippen LogP contribution is 2.16. The number of anilines is 1. The van der Waals surface area contributed by atoms with Crippen molar-refractivity contribution < 1.29 is 13.2 Å². The van der Waals surface area contributed by atoms with Crippen LogP contribution < -0.4 is 10.0 Å². The first-order valence-corrected chi connectivity index (χ1v) is 10.3. The molecule has 2 aromatic carbocycles. The summed E-state index contributed by atoms with van der Waals surface area (Å²) >= 11 is 5.04. The minimum atomic E-state index is -3.66. The van der Waals surface area contributed by atoms with E-state index in [0.29, 0.717) is 29.0 Å². The first kappa shape index (κ1) is 19.8. The molecule has 3 rings (SSSR count). The molecule has 0 radical (unpaired) electrons. The Morgan fingerprint density at radius 1 is 1.14 bits per heavy atom. The molecule has 0 fully saturated rings. The van der Waals surface area contributed by atoms with Gasteiger partial charge in [-0.3, -0.25) is 14.6 Å². The number of benzene rings is 2. The van der Waals surface area contributed by atoms with Gasteiger partial charge in [-0.2, -0.15) is 5.10 Å². The maximum atomic E-state index is 12.3. The SMILES string of the molecule is Cn1c(CCNC(=O)c2ccc(NS(=O)(=O)c3ccccc3)cc2)n[nH]c1=S. The molecule has 28 heavy (non-hydrogen) atoms. The predicted octanol–water partition coefficient (Wildman–Crippen LogP) is 2.25. The van der Waals surface area contributed by atoms with Crippen molar-refractivity contribution in [2.45, 2.75) is 11.3 Å². The monoisotopic (exact) mass is 417 g/mol. The third-order valence-corrected chi connectivity index (χ3v) is 5.82. The number of rotatable bonds is 7. The van der Waals surface area contributed by atoms with Gasteiger partial charge in [-0.25, -0.2) is 8.42 Å². The zero-order valence-electron chi connectivity index (χ0n) is 15.0. The van der Waals surface area contributed by atoms with Gasteiger partial charge in [-0.15, -0.1) is 0 Å². The minimum Gasteiger partial charge on any atom is -0.352 e. The van der Waals surface area contributed by atoms with Gasteiger partial charge in [-0.1, -0.05) is 18.2 Å². The topological polar surface area (TPSA) is 109 Å². The van der Waals surface area contributed by atoms with Crippen LogP contribution >= 0.6 is 12.2 Å². The van der Waals surface area contributed by atoms with Crippen molar-refractivity contribution in [1.29, 1.82) is 0 Å². The van der Waals surface area contributed by atoms with Gasteiger partial charge in [0.05, 0.1) is 4.90 Å². The Bertz CT molecular complexity index is 1120.